The highest BCUT2D eigenvalue weighted by Crippen LogP contribution is 2.34. The molecule has 0 aliphatic carbocycles. The first-order valence-corrected chi connectivity index (χ1v) is 12.7. The molecule has 2 aromatic carbocycles. The average Bonchev–Trinajstić information content (AvgIpc) is 3.16. The third kappa shape index (κ3) is 5.05. The highest BCUT2D eigenvalue weighted by molar-refractivity contribution is 8.15. The van der Waals surface area contributed by atoms with Gasteiger partial charge in [0.25, 0.3) is 0 Å². The van der Waals surface area contributed by atoms with Crippen LogP contribution in [0.3, 0.4) is 0 Å². The summed E-state index contributed by atoms with van der Waals surface area (Å²) in [6.45, 7) is 4.28. The SMILES string of the molecule is CC(C)c1ccc(NC(=O)Cc2ccc(NC3=N[C@H]4CS(=O)(=O)C[C@@H]4S3)cc2)cc1. The lowest BCUT2D eigenvalue weighted by molar-refractivity contribution is -0.115. The van der Waals surface area contributed by atoms with E-state index in [0.29, 0.717) is 12.3 Å². The minimum atomic E-state index is -2.94. The van der Waals surface area contributed by atoms with Crippen molar-refractivity contribution in [3.8, 4) is 0 Å². The Hall–Kier alpha value is -2.32. The summed E-state index contributed by atoms with van der Waals surface area (Å²) in [7, 11) is -2.94. The number of fused-ring (bicyclic) bond motifs is 1. The van der Waals surface area contributed by atoms with Gasteiger partial charge in [0, 0.05) is 16.6 Å². The standard InChI is InChI=1S/C22H25N3O3S2/c1-14(2)16-5-9-17(10-6-16)23-21(26)11-15-3-7-18(8-4-15)24-22-25-19-12-30(27,28)13-20(19)29-22/h3-10,14,19-20H,11-13H2,1-2H3,(H,23,26)(H,24,25)/t19-,20-/m0/s1. The number of hydrogen-bond acceptors (Lipinski definition) is 6. The van der Waals surface area contributed by atoms with E-state index < -0.39 is 9.84 Å². The molecule has 2 aliphatic heterocycles. The second-order valence-corrected chi connectivity index (χ2v) is 11.4. The molecule has 0 aromatic heterocycles. The van der Waals surface area contributed by atoms with Crippen molar-refractivity contribution in [3.05, 3.63) is 59.7 Å². The number of amides is 1. The van der Waals surface area contributed by atoms with E-state index in [4.69, 9.17) is 0 Å². The quantitative estimate of drug-likeness (QED) is 0.736. The molecule has 1 saturated heterocycles. The molecular formula is C22H25N3O3S2. The molecule has 0 bridgehead atoms. The van der Waals surface area contributed by atoms with E-state index in [-0.39, 0.29) is 28.7 Å². The zero-order valence-corrected chi connectivity index (χ0v) is 18.6. The van der Waals surface area contributed by atoms with Crippen molar-refractivity contribution < 1.29 is 13.2 Å². The average molecular weight is 444 g/mol. The molecule has 2 aromatic rings. The third-order valence-corrected chi connectivity index (χ3v) is 8.39. The van der Waals surface area contributed by atoms with Crippen molar-refractivity contribution >= 4 is 44.0 Å². The monoisotopic (exact) mass is 443 g/mol. The summed E-state index contributed by atoms with van der Waals surface area (Å²) in [6.07, 6.45) is 0.296. The minimum Gasteiger partial charge on any atom is -0.335 e. The van der Waals surface area contributed by atoms with Gasteiger partial charge in [-0.2, -0.15) is 0 Å². The summed E-state index contributed by atoms with van der Waals surface area (Å²) >= 11 is 1.49. The first-order chi connectivity index (χ1) is 14.3. The van der Waals surface area contributed by atoms with Crippen molar-refractivity contribution in [1.82, 2.24) is 0 Å². The van der Waals surface area contributed by atoms with E-state index in [1.54, 1.807) is 0 Å². The normalized spacial score (nSPS) is 21.9. The molecule has 2 N–H and O–H groups in total. The van der Waals surface area contributed by atoms with Crippen molar-refractivity contribution in [2.75, 3.05) is 22.1 Å². The molecule has 158 valence electrons. The van der Waals surface area contributed by atoms with Gasteiger partial charge >= 0.3 is 0 Å². The Morgan fingerprint density at radius 1 is 1.07 bits per heavy atom. The van der Waals surface area contributed by atoms with E-state index in [1.807, 2.05) is 48.5 Å². The molecule has 0 radical (unpaired) electrons. The second kappa shape index (κ2) is 8.43. The molecule has 4 rings (SSSR count). The van der Waals surface area contributed by atoms with Crippen LogP contribution < -0.4 is 10.6 Å². The van der Waals surface area contributed by atoms with Crippen molar-refractivity contribution in [2.45, 2.75) is 37.5 Å². The van der Waals surface area contributed by atoms with Gasteiger partial charge in [-0.25, -0.2) is 8.42 Å². The van der Waals surface area contributed by atoms with E-state index in [1.165, 1.54) is 17.3 Å². The highest BCUT2D eigenvalue weighted by atomic mass is 32.2. The van der Waals surface area contributed by atoms with Gasteiger partial charge in [-0.3, -0.25) is 9.79 Å². The van der Waals surface area contributed by atoms with Crippen molar-refractivity contribution in [1.29, 1.82) is 0 Å². The van der Waals surface area contributed by atoms with Gasteiger partial charge in [-0.15, -0.1) is 0 Å². The van der Waals surface area contributed by atoms with Crippen LogP contribution in [0.5, 0.6) is 0 Å². The maximum Gasteiger partial charge on any atom is 0.228 e. The molecular weight excluding hydrogens is 418 g/mol. The number of sulfone groups is 1. The van der Waals surface area contributed by atoms with Crippen LogP contribution in [0.25, 0.3) is 0 Å². The lowest BCUT2D eigenvalue weighted by Gasteiger charge is -2.10. The van der Waals surface area contributed by atoms with Gasteiger partial charge in [0.15, 0.2) is 15.0 Å². The van der Waals surface area contributed by atoms with E-state index in [0.717, 1.165) is 22.1 Å². The molecule has 6 nitrogen and oxygen atoms in total. The lowest BCUT2D eigenvalue weighted by atomic mass is 10.0. The first-order valence-electron chi connectivity index (χ1n) is 9.98. The fourth-order valence-electron chi connectivity index (χ4n) is 3.59. The Labute approximate surface area is 181 Å². The number of nitrogens with one attached hydrogen (secondary N) is 2. The molecule has 1 fully saturated rings. The van der Waals surface area contributed by atoms with E-state index >= 15 is 0 Å². The number of aliphatic imine (C=N–C) groups is 1. The van der Waals surface area contributed by atoms with Crippen LogP contribution in [0.4, 0.5) is 11.4 Å². The molecule has 30 heavy (non-hydrogen) atoms. The number of amidine groups is 1. The number of carbonyl (C=O) groups is 1. The Bertz CT molecular complexity index is 1060. The molecule has 0 unspecified atom stereocenters. The molecule has 1 amide bonds. The number of benzene rings is 2. The lowest BCUT2D eigenvalue weighted by Crippen LogP contribution is -2.14. The van der Waals surface area contributed by atoms with Gasteiger partial charge in [0.2, 0.25) is 5.91 Å². The van der Waals surface area contributed by atoms with Crippen LogP contribution in [0.2, 0.25) is 0 Å². The van der Waals surface area contributed by atoms with Crippen LogP contribution in [-0.2, 0) is 21.1 Å². The number of rotatable bonds is 5. The number of carbonyl (C=O) groups excluding carboxylic acids is 1. The fraction of sp³-hybridized carbons (Fsp3) is 0.364. The van der Waals surface area contributed by atoms with Crippen molar-refractivity contribution in [3.63, 3.8) is 0 Å². The molecule has 0 saturated carbocycles. The predicted molar refractivity (Wildman–Crippen MR) is 124 cm³/mol. The Balaban J connectivity index is 1.30. The summed E-state index contributed by atoms with van der Waals surface area (Å²) in [4.78, 5) is 16.8. The molecule has 2 aliphatic rings. The zero-order chi connectivity index (χ0) is 21.3. The Morgan fingerprint density at radius 3 is 2.37 bits per heavy atom. The van der Waals surface area contributed by atoms with Gasteiger partial charge in [-0.05, 0) is 41.3 Å². The van der Waals surface area contributed by atoms with Gasteiger partial charge < -0.3 is 10.6 Å². The number of thioether (sulfide) groups is 1. The summed E-state index contributed by atoms with van der Waals surface area (Å²) < 4.78 is 23.3. The first kappa shape index (κ1) is 20.9. The minimum absolute atomic E-state index is 0.0232. The third-order valence-electron chi connectivity index (χ3n) is 5.25. The molecule has 2 heterocycles. The van der Waals surface area contributed by atoms with E-state index in [2.05, 4.69) is 29.5 Å². The van der Waals surface area contributed by atoms with Crippen molar-refractivity contribution in [2.24, 2.45) is 4.99 Å². The van der Waals surface area contributed by atoms with Crippen LogP contribution in [0.1, 0.15) is 30.9 Å². The topological polar surface area (TPSA) is 87.6 Å². The molecule has 8 heteroatoms. The summed E-state index contributed by atoms with van der Waals surface area (Å²) in [6, 6.07) is 15.4. The summed E-state index contributed by atoms with van der Waals surface area (Å²) in [5, 5.41) is 6.96. The predicted octanol–water partition coefficient (Wildman–Crippen LogP) is 3.67. The largest absolute Gasteiger partial charge is 0.335 e. The number of nitrogens with zero attached hydrogens (tertiary/aromatic N) is 1. The maximum atomic E-state index is 12.3. The summed E-state index contributed by atoms with van der Waals surface area (Å²) in [5.41, 5.74) is 3.83. The van der Waals surface area contributed by atoms with Crippen LogP contribution in [-0.4, -0.2) is 42.3 Å². The highest BCUT2D eigenvalue weighted by Gasteiger charge is 2.42. The van der Waals surface area contributed by atoms with Gasteiger partial charge in [0.05, 0.1) is 24.0 Å². The van der Waals surface area contributed by atoms with Gasteiger partial charge in [0.1, 0.15) is 0 Å². The van der Waals surface area contributed by atoms with Gasteiger partial charge in [-0.1, -0.05) is 49.9 Å². The number of anilines is 2. The fourth-order valence-corrected chi connectivity index (χ4v) is 7.26. The smallest absolute Gasteiger partial charge is 0.228 e. The van der Waals surface area contributed by atoms with E-state index in [9.17, 15) is 13.2 Å². The zero-order valence-electron chi connectivity index (χ0n) is 17.0. The summed E-state index contributed by atoms with van der Waals surface area (Å²) in [5.74, 6) is 0.746. The Kier molecular flexibility index (Phi) is 5.88. The Morgan fingerprint density at radius 2 is 1.73 bits per heavy atom. The van der Waals surface area contributed by atoms with Crippen LogP contribution in [0, 0.1) is 0 Å². The van der Waals surface area contributed by atoms with Crippen LogP contribution in [0.15, 0.2) is 53.5 Å². The van der Waals surface area contributed by atoms with Crippen LogP contribution >= 0.6 is 11.8 Å². The second-order valence-electron chi connectivity index (χ2n) is 8.06. The molecule has 2 atom stereocenters. The number of hydrogen-bond donors (Lipinski definition) is 2. The maximum absolute atomic E-state index is 12.3. The molecule has 0 spiro atoms.